The highest BCUT2D eigenvalue weighted by Gasteiger charge is 2.22. The van der Waals surface area contributed by atoms with Gasteiger partial charge in [0.05, 0.1) is 11.1 Å². The molecule has 0 amide bonds. The molecule has 0 unspecified atom stereocenters. The normalized spacial score (nSPS) is 14.7. The van der Waals surface area contributed by atoms with E-state index in [1.807, 2.05) is 19.1 Å². The van der Waals surface area contributed by atoms with E-state index in [2.05, 4.69) is 24.8 Å². The Kier molecular flexibility index (Phi) is 4.08. The van der Waals surface area contributed by atoms with E-state index < -0.39 is 0 Å². The van der Waals surface area contributed by atoms with Crippen LogP contribution in [0.1, 0.15) is 5.69 Å². The number of hydrogen-bond donors (Lipinski definition) is 0. The van der Waals surface area contributed by atoms with Crippen LogP contribution in [-0.4, -0.2) is 46.1 Å². The number of nitro groups is 1. The van der Waals surface area contributed by atoms with Gasteiger partial charge in [-0.2, -0.15) is 0 Å². The van der Waals surface area contributed by atoms with Gasteiger partial charge in [-0.15, -0.1) is 0 Å². The zero-order chi connectivity index (χ0) is 18.1. The Balaban J connectivity index is 1.66. The summed E-state index contributed by atoms with van der Waals surface area (Å²) in [6, 6.07) is 7.13. The number of nitrogens with zero attached hydrogens (tertiary/aromatic N) is 6. The number of nitro benzene ring substituents is 1. The Hall–Kier alpha value is -3.29. The van der Waals surface area contributed by atoms with Crippen LogP contribution in [0.25, 0.3) is 10.9 Å². The minimum absolute atomic E-state index is 0.0469. The molecule has 0 spiro atoms. The van der Waals surface area contributed by atoms with Crippen molar-refractivity contribution in [1.29, 1.82) is 0 Å². The summed E-state index contributed by atoms with van der Waals surface area (Å²) in [7, 11) is 0. The third-order valence-corrected chi connectivity index (χ3v) is 4.62. The number of rotatable bonds is 3. The second-order valence-electron chi connectivity index (χ2n) is 6.25. The highest BCUT2D eigenvalue weighted by Crippen LogP contribution is 2.32. The number of hydrogen-bond acceptors (Lipinski definition) is 7. The molecule has 0 radical (unpaired) electrons. The zero-order valence-electron chi connectivity index (χ0n) is 14.4. The summed E-state index contributed by atoms with van der Waals surface area (Å²) in [5.74, 6) is 0.874. The number of piperazine rings is 1. The molecule has 0 atom stereocenters. The van der Waals surface area contributed by atoms with Crippen molar-refractivity contribution < 1.29 is 4.92 Å². The molecule has 8 heteroatoms. The van der Waals surface area contributed by atoms with E-state index in [0.717, 1.165) is 48.8 Å². The molecule has 1 aromatic carbocycles. The number of aryl methyl sites for hydroxylation is 1. The molecule has 1 fully saturated rings. The maximum absolute atomic E-state index is 11.3. The van der Waals surface area contributed by atoms with E-state index in [4.69, 9.17) is 0 Å². The molecule has 0 N–H and O–H groups in total. The van der Waals surface area contributed by atoms with Gasteiger partial charge in [-0.05, 0) is 13.0 Å². The molecule has 1 aliphatic rings. The molecule has 3 aromatic rings. The van der Waals surface area contributed by atoms with Crippen LogP contribution in [0.5, 0.6) is 0 Å². The van der Waals surface area contributed by atoms with Gasteiger partial charge in [-0.3, -0.25) is 15.1 Å². The Morgan fingerprint density at radius 3 is 2.58 bits per heavy atom. The first-order valence-electron chi connectivity index (χ1n) is 8.44. The summed E-state index contributed by atoms with van der Waals surface area (Å²) >= 11 is 0. The largest absolute Gasteiger partial charge is 0.367 e. The molecule has 0 saturated carbocycles. The summed E-state index contributed by atoms with van der Waals surface area (Å²) in [5.41, 5.74) is 2.27. The fourth-order valence-electron chi connectivity index (χ4n) is 3.38. The van der Waals surface area contributed by atoms with E-state index in [-0.39, 0.29) is 10.6 Å². The third-order valence-electron chi connectivity index (χ3n) is 4.62. The van der Waals surface area contributed by atoms with E-state index in [9.17, 15) is 10.1 Å². The fraction of sp³-hybridized carbons (Fsp3) is 0.278. The van der Waals surface area contributed by atoms with E-state index in [1.165, 1.54) is 6.07 Å². The van der Waals surface area contributed by atoms with Crippen molar-refractivity contribution in [3.63, 3.8) is 0 Å². The molecule has 1 saturated heterocycles. The monoisotopic (exact) mass is 350 g/mol. The maximum Gasteiger partial charge on any atom is 0.295 e. The average Bonchev–Trinajstić information content (AvgIpc) is 2.67. The first kappa shape index (κ1) is 16.2. The Bertz CT molecular complexity index is 955. The van der Waals surface area contributed by atoms with E-state index in [0.29, 0.717) is 5.52 Å². The molecule has 2 aromatic heterocycles. The molecule has 0 bridgehead atoms. The summed E-state index contributed by atoms with van der Waals surface area (Å²) < 4.78 is 0. The van der Waals surface area contributed by atoms with Crippen molar-refractivity contribution in [2.45, 2.75) is 6.92 Å². The second kappa shape index (κ2) is 6.55. The van der Waals surface area contributed by atoms with Gasteiger partial charge in [-0.25, -0.2) is 9.97 Å². The maximum atomic E-state index is 11.3. The molecule has 26 heavy (non-hydrogen) atoms. The highest BCUT2D eigenvalue weighted by molar-refractivity contribution is 5.97. The molecule has 4 rings (SSSR count). The number of para-hydroxylation sites is 1. The summed E-state index contributed by atoms with van der Waals surface area (Å²) in [6.07, 6.45) is 5.13. The van der Waals surface area contributed by atoms with Crippen molar-refractivity contribution in [1.82, 2.24) is 15.0 Å². The van der Waals surface area contributed by atoms with Crippen molar-refractivity contribution in [2.24, 2.45) is 0 Å². The van der Waals surface area contributed by atoms with Crippen molar-refractivity contribution in [3.05, 3.63) is 58.7 Å². The van der Waals surface area contributed by atoms with Crippen LogP contribution in [0, 0.1) is 17.0 Å². The number of anilines is 2. The van der Waals surface area contributed by atoms with Crippen LogP contribution in [0.15, 0.2) is 42.9 Å². The van der Waals surface area contributed by atoms with Gasteiger partial charge in [0, 0.05) is 61.4 Å². The lowest BCUT2D eigenvalue weighted by Crippen LogP contribution is -2.47. The van der Waals surface area contributed by atoms with Crippen molar-refractivity contribution in [3.8, 4) is 0 Å². The highest BCUT2D eigenvalue weighted by atomic mass is 16.6. The van der Waals surface area contributed by atoms with Gasteiger partial charge >= 0.3 is 0 Å². The number of benzene rings is 1. The van der Waals surface area contributed by atoms with Gasteiger partial charge in [0.2, 0.25) is 0 Å². The Morgan fingerprint density at radius 2 is 1.88 bits per heavy atom. The van der Waals surface area contributed by atoms with Crippen LogP contribution in [-0.2, 0) is 0 Å². The van der Waals surface area contributed by atoms with E-state index in [1.54, 1.807) is 24.7 Å². The number of pyridine rings is 1. The second-order valence-corrected chi connectivity index (χ2v) is 6.25. The van der Waals surface area contributed by atoms with Crippen LogP contribution in [0.3, 0.4) is 0 Å². The molecule has 132 valence electrons. The Labute approximate surface area is 150 Å². The molecule has 8 nitrogen and oxygen atoms in total. The molecule has 1 aliphatic heterocycles. The van der Waals surface area contributed by atoms with Crippen molar-refractivity contribution in [2.75, 3.05) is 36.0 Å². The van der Waals surface area contributed by atoms with Gasteiger partial charge in [-0.1, -0.05) is 12.1 Å². The number of fused-ring (bicyclic) bond motifs is 1. The SMILES string of the molecule is Cc1cc(N2CCN(c3cnccn3)CC2)c2cccc([N+](=O)[O-])c2n1. The van der Waals surface area contributed by atoms with Gasteiger partial charge in [0.1, 0.15) is 5.82 Å². The molecular weight excluding hydrogens is 332 g/mol. The lowest BCUT2D eigenvalue weighted by Gasteiger charge is -2.37. The van der Waals surface area contributed by atoms with Crippen LogP contribution in [0.4, 0.5) is 17.2 Å². The van der Waals surface area contributed by atoms with Crippen LogP contribution in [0.2, 0.25) is 0 Å². The number of non-ortho nitro benzene ring substituents is 1. The lowest BCUT2D eigenvalue weighted by atomic mass is 10.1. The summed E-state index contributed by atoms with van der Waals surface area (Å²) in [4.78, 5) is 28.3. The van der Waals surface area contributed by atoms with Gasteiger partial charge in [0.15, 0.2) is 5.52 Å². The predicted octanol–water partition coefficient (Wildman–Crippen LogP) is 2.57. The van der Waals surface area contributed by atoms with E-state index >= 15 is 0 Å². The Morgan fingerprint density at radius 1 is 1.12 bits per heavy atom. The standard InChI is InChI=1S/C18H18N6O2/c1-13-11-16(14-3-2-4-15(24(25)26)18(14)21-13)22-7-9-23(10-8-22)17-12-19-5-6-20-17/h2-6,11-12H,7-10H2,1H3. The summed E-state index contributed by atoms with van der Waals surface area (Å²) in [6.45, 7) is 5.11. The quantitative estimate of drug-likeness (QED) is 0.530. The average molecular weight is 350 g/mol. The van der Waals surface area contributed by atoms with Crippen molar-refractivity contribution >= 4 is 28.1 Å². The zero-order valence-corrected chi connectivity index (χ0v) is 14.4. The molecular formula is C18H18N6O2. The fourth-order valence-corrected chi connectivity index (χ4v) is 3.38. The first-order chi connectivity index (χ1) is 12.6. The van der Waals surface area contributed by atoms with Gasteiger partial charge < -0.3 is 9.80 Å². The van der Waals surface area contributed by atoms with Crippen LogP contribution >= 0.6 is 0 Å². The smallest absolute Gasteiger partial charge is 0.295 e. The minimum atomic E-state index is -0.370. The lowest BCUT2D eigenvalue weighted by molar-refractivity contribution is -0.383. The predicted molar refractivity (Wildman–Crippen MR) is 99.6 cm³/mol. The number of aromatic nitrogens is 3. The molecule has 0 aliphatic carbocycles. The van der Waals surface area contributed by atoms with Gasteiger partial charge in [0.25, 0.3) is 5.69 Å². The van der Waals surface area contributed by atoms with Crippen LogP contribution < -0.4 is 9.80 Å². The minimum Gasteiger partial charge on any atom is -0.367 e. The topological polar surface area (TPSA) is 88.3 Å². The summed E-state index contributed by atoms with van der Waals surface area (Å²) in [5, 5.41) is 12.2. The molecule has 3 heterocycles. The third kappa shape index (κ3) is 2.90. The first-order valence-corrected chi connectivity index (χ1v) is 8.44.